The number of nitrogens with zero attached hydrogens (tertiary/aromatic N) is 2. The average molecular weight is 428 g/mol. The molecular weight excluding hydrogens is 400 g/mol. The molecule has 3 N–H and O–H groups in total. The maximum Gasteiger partial charge on any atom is 0.407 e. The largest absolute Gasteiger partial charge is 0.447 e. The predicted octanol–water partition coefficient (Wildman–Crippen LogP) is 1.74. The fourth-order valence-electron chi connectivity index (χ4n) is 4.31. The molecule has 0 saturated carbocycles. The second kappa shape index (κ2) is 9.47. The zero-order chi connectivity index (χ0) is 21.8. The van der Waals surface area contributed by atoms with E-state index in [0.717, 1.165) is 57.3 Å². The van der Waals surface area contributed by atoms with Crippen molar-refractivity contribution in [2.24, 2.45) is 11.7 Å². The van der Waals surface area contributed by atoms with Gasteiger partial charge < -0.3 is 20.5 Å². The summed E-state index contributed by atoms with van der Waals surface area (Å²) < 4.78 is 12.0. The van der Waals surface area contributed by atoms with Crippen molar-refractivity contribution in [3.63, 3.8) is 0 Å². The Morgan fingerprint density at radius 1 is 1.23 bits per heavy atom. The molecule has 1 atom stereocenters. The quantitative estimate of drug-likeness (QED) is 0.617. The monoisotopic (exact) mass is 428 g/mol. The fourth-order valence-corrected chi connectivity index (χ4v) is 4.31. The van der Waals surface area contributed by atoms with E-state index in [2.05, 4.69) is 10.4 Å². The number of aromatic nitrogens is 2. The minimum atomic E-state index is -0.818. The van der Waals surface area contributed by atoms with Gasteiger partial charge in [0.15, 0.2) is 5.69 Å². The van der Waals surface area contributed by atoms with Crippen LogP contribution >= 0.6 is 0 Å². The van der Waals surface area contributed by atoms with E-state index in [9.17, 15) is 14.4 Å². The van der Waals surface area contributed by atoms with Crippen molar-refractivity contribution >= 4 is 22.9 Å². The third-order valence-electron chi connectivity index (χ3n) is 6.03. The van der Waals surface area contributed by atoms with E-state index < -0.39 is 11.3 Å². The summed E-state index contributed by atoms with van der Waals surface area (Å²) in [5, 5.41) is 7.48. The van der Waals surface area contributed by atoms with Gasteiger partial charge in [0.1, 0.15) is 6.61 Å². The van der Waals surface area contributed by atoms with E-state index in [1.807, 2.05) is 18.2 Å². The summed E-state index contributed by atoms with van der Waals surface area (Å²) >= 11 is 0. The molecule has 166 valence electrons. The maximum absolute atomic E-state index is 12.9. The van der Waals surface area contributed by atoms with E-state index in [0.29, 0.717) is 30.0 Å². The molecule has 2 amide bonds. The molecule has 0 bridgehead atoms. The summed E-state index contributed by atoms with van der Waals surface area (Å²) in [6.07, 6.45) is 4.94. The van der Waals surface area contributed by atoms with Crippen LogP contribution in [0, 0.1) is 5.92 Å². The number of aryl methyl sites for hydroxylation is 1. The van der Waals surface area contributed by atoms with Gasteiger partial charge in [-0.05, 0) is 62.1 Å². The second-order valence-electron chi connectivity index (χ2n) is 8.31. The molecule has 31 heavy (non-hydrogen) atoms. The number of amides is 2. The molecule has 9 nitrogen and oxygen atoms in total. The first kappa shape index (κ1) is 21.3. The van der Waals surface area contributed by atoms with E-state index in [1.165, 1.54) is 0 Å². The second-order valence-corrected chi connectivity index (χ2v) is 8.31. The third-order valence-corrected chi connectivity index (χ3v) is 6.03. The minimum Gasteiger partial charge on any atom is -0.447 e. The smallest absolute Gasteiger partial charge is 0.407 e. The van der Waals surface area contributed by atoms with Crippen LogP contribution in [0.4, 0.5) is 4.79 Å². The molecule has 0 spiro atoms. The number of hydrogen-bond donors (Lipinski definition) is 2. The molecule has 2 fully saturated rings. The first-order chi connectivity index (χ1) is 15.0. The normalized spacial score (nSPS) is 19.4. The topological polar surface area (TPSA) is 126 Å². The van der Waals surface area contributed by atoms with E-state index in [4.69, 9.17) is 15.2 Å². The highest BCUT2D eigenvalue weighted by Crippen LogP contribution is 2.22. The molecule has 2 aliphatic rings. The molecule has 1 aromatic carbocycles. The van der Waals surface area contributed by atoms with Gasteiger partial charge in [0.25, 0.3) is 5.91 Å². The van der Waals surface area contributed by atoms with Crippen molar-refractivity contribution in [2.75, 3.05) is 19.8 Å². The van der Waals surface area contributed by atoms with Crippen LogP contribution in [0.15, 0.2) is 23.0 Å². The number of rotatable bonds is 8. The van der Waals surface area contributed by atoms with Gasteiger partial charge in [-0.25, -0.2) is 4.79 Å². The highest BCUT2D eigenvalue weighted by Gasteiger charge is 2.22. The molecule has 4 rings (SSSR count). The zero-order valence-corrected chi connectivity index (χ0v) is 17.5. The number of carbonyl (C=O) groups excluding carboxylic acids is 2. The number of fused-ring (bicyclic) bond motifs is 1. The van der Waals surface area contributed by atoms with Crippen LogP contribution in [-0.4, -0.2) is 47.6 Å². The summed E-state index contributed by atoms with van der Waals surface area (Å²) in [5.74, 6) is -0.285. The lowest BCUT2D eigenvalue weighted by Crippen LogP contribution is -2.28. The molecule has 1 aromatic heterocycles. The molecule has 0 unspecified atom stereocenters. The van der Waals surface area contributed by atoms with E-state index in [-0.39, 0.29) is 17.8 Å². The summed E-state index contributed by atoms with van der Waals surface area (Å²) in [6, 6.07) is 5.85. The highest BCUT2D eigenvalue weighted by molar-refractivity contribution is 5.94. The number of hydrogen-bond acceptors (Lipinski definition) is 6. The molecule has 3 heterocycles. The van der Waals surface area contributed by atoms with Crippen molar-refractivity contribution in [1.29, 1.82) is 0 Å². The van der Waals surface area contributed by atoms with Crippen LogP contribution in [-0.2, 0) is 22.4 Å². The Kier molecular flexibility index (Phi) is 6.50. The van der Waals surface area contributed by atoms with Crippen LogP contribution in [0.5, 0.6) is 0 Å². The average Bonchev–Trinajstić information content (AvgIpc) is 3.18. The summed E-state index contributed by atoms with van der Waals surface area (Å²) in [6.45, 7) is 2.48. The standard InChI is InChI=1S/C22H28N4O5/c23-21(28)19-20(27)17-12-15(11-14-6-9-30-10-7-14)4-5-18(17)26(25-19)8-2-1-3-16-13-31-22(29)24-16/h4-5,12,14,16H,1-3,6-11,13H2,(H2,23,28)(H,24,29)/t16-/m1/s1. The lowest BCUT2D eigenvalue weighted by Gasteiger charge is -2.22. The number of benzene rings is 1. The van der Waals surface area contributed by atoms with Gasteiger partial charge in [-0.2, -0.15) is 5.10 Å². The Bertz CT molecular complexity index is 1030. The molecule has 9 heteroatoms. The fraction of sp³-hybridized carbons (Fsp3) is 0.545. The van der Waals surface area contributed by atoms with Crippen molar-refractivity contribution in [2.45, 2.75) is 51.1 Å². The van der Waals surface area contributed by atoms with E-state index >= 15 is 0 Å². The number of alkyl carbamates (subject to hydrolysis) is 1. The summed E-state index contributed by atoms with van der Waals surface area (Å²) in [7, 11) is 0. The van der Waals surface area contributed by atoms with Crippen molar-refractivity contribution in [3.05, 3.63) is 39.7 Å². The van der Waals surface area contributed by atoms with Crippen LogP contribution in [0.1, 0.15) is 48.2 Å². The van der Waals surface area contributed by atoms with Crippen molar-refractivity contribution in [1.82, 2.24) is 15.1 Å². The molecule has 2 aliphatic heterocycles. The first-order valence-corrected chi connectivity index (χ1v) is 10.9. The van der Waals surface area contributed by atoms with Gasteiger partial charge in [-0.1, -0.05) is 6.07 Å². The first-order valence-electron chi connectivity index (χ1n) is 10.9. The third kappa shape index (κ3) is 5.04. The van der Waals surface area contributed by atoms with Gasteiger partial charge in [-0.15, -0.1) is 0 Å². The maximum atomic E-state index is 12.9. The van der Waals surface area contributed by atoms with Gasteiger partial charge in [0.05, 0.1) is 16.9 Å². The van der Waals surface area contributed by atoms with Gasteiger partial charge in [0, 0.05) is 19.8 Å². The summed E-state index contributed by atoms with van der Waals surface area (Å²) in [5.41, 5.74) is 6.55. The minimum absolute atomic E-state index is 0.0279. The van der Waals surface area contributed by atoms with E-state index in [1.54, 1.807) is 4.68 Å². The van der Waals surface area contributed by atoms with Gasteiger partial charge >= 0.3 is 6.09 Å². The number of unbranched alkanes of at least 4 members (excludes halogenated alkanes) is 1. The molecule has 0 aliphatic carbocycles. The Morgan fingerprint density at radius 3 is 2.74 bits per heavy atom. The van der Waals surface area contributed by atoms with Gasteiger partial charge in [0.2, 0.25) is 5.43 Å². The lowest BCUT2D eigenvalue weighted by molar-refractivity contribution is 0.0665. The summed E-state index contributed by atoms with van der Waals surface area (Å²) in [4.78, 5) is 35.8. The van der Waals surface area contributed by atoms with Gasteiger partial charge in [-0.3, -0.25) is 14.3 Å². The Labute approximate surface area is 179 Å². The number of primary amides is 1. The van der Waals surface area contributed by atoms with Crippen molar-refractivity contribution in [3.8, 4) is 0 Å². The number of nitrogens with one attached hydrogen (secondary N) is 1. The predicted molar refractivity (Wildman–Crippen MR) is 114 cm³/mol. The molecule has 2 saturated heterocycles. The van der Waals surface area contributed by atoms with Crippen LogP contribution in [0.25, 0.3) is 10.9 Å². The number of carbonyl (C=O) groups is 2. The Balaban J connectivity index is 1.52. The van der Waals surface area contributed by atoms with Crippen LogP contribution < -0.4 is 16.5 Å². The lowest BCUT2D eigenvalue weighted by atomic mass is 9.92. The molecule has 2 aromatic rings. The van der Waals surface area contributed by atoms with Crippen molar-refractivity contribution < 1.29 is 19.1 Å². The Morgan fingerprint density at radius 2 is 2.03 bits per heavy atom. The van der Waals surface area contributed by atoms with Crippen LogP contribution in [0.2, 0.25) is 0 Å². The number of ether oxygens (including phenoxy) is 2. The highest BCUT2D eigenvalue weighted by atomic mass is 16.6. The number of cyclic esters (lactones) is 1. The number of nitrogens with two attached hydrogens (primary N) is 1. The molecular formula is C22H28N4O5. The molecule has 0 radical (unpaired) electrons. The zero-order valence-electron chi connectivity index (χ0n) is 17.5. The SMILES string of the molecule is NC(=O)c1nn(CCCC[C@@H]2COC(=O)N2)c2ccc(CC3CCOCC3)cc2c1=O. The Hall–Kier alpha value is -2.94. The van der Waals surface area contributed by atoms with Crippen LogP contribution in [0.3, 0.4) is 0 Å².